The Kier molecular flexibility index (Phi) is 4.47. The maximum absolute atomic E-state index is 13.3. The monoisotopic (exact) mass is 262 g/mol. The first-order valence-electron chi connectivity index (χ1n) is 5.06. The maximum atomic E-state index is 13.3. The van der Waals surface area contributed by atoms with Gasteiger partial charge >= 0.3 is 12.1 Å². The second kappa shape index (κ2) is 5.66. The molecule has 98 valence electrons. The van der Waals surface area contributed by atoms with Crippen LogP contribution in [0.4, 0.5) is 17.6 Å². The molecule has 0 aliphatic carbocycles. The van der Waals surface area contributed by atoms with Crippen molar-refractivity contribution < 1.29 is 27.5 Å². The molecular weight excluding hydrogens is 252 g/mol. The van der Waals surface area contributed by atoms with Gasteiger partial charge in [0.25, 0.3) is 0 Å². The lowest BCUT2D eigenvalue weighted by Gasteiger charge is -2.07. The average molecular weight is 262 g/mol. The molecule has 0 fully saturated rings. The van der Waals surface area contributed by atoms with E-state index in [-0.39, 0.29) is 18.4 Å². The molecule has 1 rings (SSSR count). The molecule has 0 saturated carbocycles. The summed E-state index contributed by atoms with van der Waals surface area (Å²) in [7, 11) is 0. The largest absolute Gasteiger partial charge is 0.481 e. The summed E-state index contributed by atoms with van der Waals surface area (Å²) in [6, 6.07) is 2.20. The molecular formula is C12H10F4O2. The van der Waals surface area contributed by atoms with Gasteiger partial charge in [-0.1, -0.05) is 18.2 Å². The molecule has 1 aromatic carbocycles. The summed E-state index contributed by atoms with van der Waals surface area (Å²) in [4.78, 5) is 10.2. The Morgan fingerprint density at radius 1 is 1.33 bits per heavy atom. The number of aliphatic carboxylic acids is 1. The van der Waals surface area contributed by atoms with E-state index in [0.717, 1.165) is 12.1 Å². The smallest absolute Gasteiger partial charge is 0.416 e. The van der Waals surface area contributed by atoms with Crippen LogP contribution >= 0.6 is 0 Å². The fourth-order valence-corrected chi connectivity index (χ4v) is 1.26. The average Bonchev–Trinajstić information content (AvgIpc) is 2.24. The van der Waals surface area contributed by atoms with Gasteiger partial charge in [0, 0.05) is 12.0 Å². The molecule has 0 aliphatic rings. The Labute approximate surface area is 101 Å². The minimum absolute atomic E-state index is 0.00612. The van der Waals surface area contributed by atoms with E-state index in [9.17, 15) is 22.4 Å². The van der Waals surface area contributed by atoms with E-state index in [0.29, 0.717) is 6.07 Å². The Morgan fingerprint density at radius 3 is 2.50 bits per heavy atom. The number of carboxylic acids is 1. The lowest BCUT2D eigenvalue weighted by Crippen LogP contribution is -2.05. The van der Waals surface area contributed by atoms with Gasteiger partial charge in [0.15, 0.2) is 0 Å². The molecule has 0 saturated heterocycles. The summed E-state index contributed by atoms with van der Waals surface area (Å²) in [5, 5.41) is 8.36. The molecule has 0 aromatic heterocycles. The van der Waals surface area contributed by atoms with Gasteiger partial charge in [-0.2, -0.15) is 13.2 Å². The summed E-state index contributed by atoms with van der Waals surface area (Å²) < 4.78 is 50.0. The zero-order valence-corrected chi connectivity index (χ0v) is 9.17. The summed E-state index contributed by atoms with van der Waals surface area (Å²) in [5.41, 5.74) is -1.06. The van der Waals surface area contributed by atoms with Crippen molar-refractivity contribution in [2.24, 2.45) is 0 Å². The Bertz CT molecular complexity index is 464. The van der Waals surface area contributed by atoms with Gasteiger partial charge < -0.3 is 5.11 Å². The first-order chi connectivity index (χ1) is 8.30. The molecule has 0 radical (unpaired) electrons. The Hall–Kier alpha value is -1.85. The molecule has 0 heterocycles. The van der Waals surface area contributed by atoms with Crippen molar-refractivity contribution in [1.82, 2.24) is 0 Å². The third-order valence-corrected chi connectivity index (χ3v) is 2.15. The highest BCUT2D eigenvalue weighted by Gasteiger charge is 2.30. The van der Waals surface area contributed by atoms with E-state index >= 15 is 0 Å². The van der Waals surface area contributed by atoms with Crippen LogP contribution in [0, 0.1) is 5.82 Å². The number of carbonyl (C=O) groups is 1. The highest BCUT2D eigenvalue weighted by atomic mass is 19.4. The van der Waals surface area contributed by atoms with Gasteiger partial charge in [-0.15, -0.1) is 0 Å². The van der Waals surface area contributed by atoms with E-state index in [4.69, 9.17) is 5.11 Å². The topological polar surface area (TPSA) is 37.3 Å². The second-order valence-electron chi connectivity index (χ2n) is 3.57. The van der Waals surface area contributed by atoms with E-state index < -0.39 is 23.5 Å². The summed E-state index contributed by atoms with van der Waals surface area (Å²) >= 11 is 0. The standard InChI is InChI=1S/C12H10F4O2/c13-10-7-9(12(14,15)16)6-5-8(10)3-1-2-4-11(17)18/h1,3,5-7H,2,4H2,(H,17,18). The highest BCUT2D eigenvalue weighted by molar-refractivity contribution is 5.67. The normalized spacial score (nSPS) is 12.0. The van der Waals surface area contributed by atoms with E-state index in [1.807, 2.05) is 0 Å². The van der Waals surface area contributed by atoms with Gasteiger partial charge in [-0.25, -0.2) is 4.39 Å². The van der Waals surface area contributed by atoms with Gasteiger partial charge in [0.05, 0.1) is 5.56 Å². The third kappa shape index (κ3) is 4.20. The van der Waals surface area contributed by atoms with Crippen LogP contribution in [0.1, 0.15) is 24.0 Å². The highest BCUT2D eigenvalue weighted by Crippen LogP contribution is 2.30. The van der Waals surface area contributed by atoms with Crippen LogP contribution in [0.2, 0.25) is 0 Å². The van der Waals surface area contributed by atoms with Gasteiger partial charge in [0.2, 0.25) is 0 Å². The fourth-order valence-electron chi connectivity index (χ4n) is 1.26. The van der Waals surface area contributed by atoms with E-state index in [1.54, 1.807) is 0 Å². The first kappa shape index (κ1) is 14.2. The molecule has 0 spiro atoms. The Balaban J connectivity index is 2.77. The SMILES string of the molecule is O=C(O)CCC=Cc1ccc(C(F)(F)F)cc1F. The second-order valence-corrected chi connectivity index (χ2v) is 3.57. The predicted molar refractivity (Wildman–Crippen MR) is 57.3 cm³/mol. The molecule has 6 heteroatoms. The van der Waals surface area contributed by atoms with Crippen LogP contribution in [0.3, 0.4) is 0 Å². The van der Waals surface area contributed by atoms with Crippen molar-refractivity contribution in [2.45, 2.75) is 19.0 Å². The molecule has 0 aliphatic heterocycles. The zero-order chi connectivity index (χ0) is 13.8. The van der Waals surface area contributed by atoms with Crippen molar-refractivity contribution in [2.75, 3.05) is 0 Å². The predicted octanol–water partition coefficient (Wildman–Crippen LogP) is 3.72. The minimum atomic E-state index is -4.58. The number of allylic oxidation sites excluding steroid dienone is 1. The summed E-state index contributed by atoms with van der Waals surface area (Å²) in [5.74, 6) is -1.98. The number of rotatable bonds is 4. The number of benzene rings is 1. The van der Waals surface area contributed by atoms with Crippen LogP contribution in [0.25, 0.3) is 6.08 Å². The lowest BCUT2D eigenvalue weighted by molar-refractivity contribution is -0.138. The van der Waals surface area contributed by atoms with Crippen molar-refractivity contribution in [3.05, 3.63) is 41.2 Å². The van der Waals surface area contributed by atoms with Crippen LogP contribution in [-0.4, -0.2) is 11.1 Å². The van der Waals surface area contributed by atoms with E-state index in [2.05, 4.69) is 0 Å². The number of alkyl halides is 3. The van der Waals surface area contributed by atoms with Crippen LogP contribution < -0.4 is 0 Å². The maximum Gasteiger partial charge on any atom is 0.416 e. The number of carboxylic acid groups (broad SMARTS) is 1. The molecule has 1 N–H and O–H groups in total. The van der Waals surface area contributed by atoms with Crippen molar-refractivity contribution in [3.8, 4) is 0 Å². The molecule has 1 aromatic rings. The van der Waals surface area contributed by atoms with Crippen LogP contribution in [0.5, 0.6) is 0 Å². The Morgan fingerprint density at radius 2 is 2.00 bits per heavy atom. The molecule has 0 atom stereocenters. The van der Waals surface area contributed by atoms with Crippen molar-refractivity contribution >= 4 is 12.0 Å². The lowest BCUT2D eigenvalue weighted by atomic mass is 10.1. The van der Waals surface area contributed by atoms with Crippen LogP contribution in [-0.2, 0) is 11.0 Å². The summed E-state index contributed by atoms with van der Waals surface area (Å²) in [6.45, 7) is 0. The van der Waals surface area contributed by atoms with Crippen LogP contribution in [0.15, 0.2) is 24.3 Å². The number of hydrogen-bond acceptors (Lipinski definition) is 1. The van der Waals surface area contributed by atoms with Gasteiger partial charge in [-0.05, 0) is 18.6 Å². The van der Waals surface area contributed by atoms with Gasteiger partial charge in [-0.3, -0.25) is 4.79 Å². The zero-order valence-electron chi connectivity index (χ0n) is 9.17. The fraction of sp³-hybridized carbons (Fsp3) is 0.250. The minimum Gasteiger partial charge on any atom is -0.481 e. The first-order valence-corrected chi connectivity index (χ1v) is 5.06. The molecule has 2 nitrogen and oxygen atoms in total. The molecule has 18 heavy (non-hydrogen) atoms. The van der Waals surface area contributed by atoms with E-state index in [1.165, 1.54) is 12.2 Å². The number of hydrogen-bond donors (Lipinski definition) is 1. The summed E-state index contributed by atoms with van der Waals surface area (Å²) in [6.07, 6.45) is -1.83. The van der Waals surface area contributed by atoms with Gasteiger partial charge in [0.1, 0.15) is 5.82 Å². The van der Waals surface area contributed by atoms with Crippen molar-refractivity contribution in [3.63, 3.8) is 0 Å². The third-order valence-electron chi connectivity index (χ3n) is 2.15. The number of halogens is 4. The van der Waals surface area contributed by atoms with Crippen molar-refractivity contribution in [1.29, 1.82) is 0 Å². The molecule has 0 bridgehead atoms. The molecule has 0 amide bonds. The molecule has 0 unspecified atom stereocenters. The quantitative estimate of drug-likeness (QED) is 0.839.